The van der Waals surface area contributed by atoms with Crippen molar-refractivity contribution >= 4 is 11.8 Å². The van der Waals surface area contributed by atoms with E-state index in [4.69, 9.17) is 9.84 Å². The fourth-order valence-corrected chi connectivity index (χ4v) is 0.998. The second-order valence-electron chi connectivity index (χ2n) is 3.04. The second-order valence-corrected chi connectivity index (χ2v) is 3.04. The Morgan fingerprint density at radius 2 is 2.27 bits per heavy atom. The van der Waals surface area contributed by atoms with Crippen molar-refractivity contribution in [1.82, 2.24) is 9.97 Å². The maximum Gasteiger partial charge on any atom is 0.326 e. The van der Waals surface area contributed by atoms with Crippen LogP contribution in [0.25, 0.3) is 0 Å². The third-order valence-electron chi connectivity index (χ3n) is 2.14. The van der Waals surface area contributed by atoms with Gasteiger partial charge in [-0.25, -0.2) is 14.8 Å². The Kier molecular flexibility index (Phi) is 3.43. The van der Waals surface area contributed by atoms with Crippen molar-refractivity contribution in [2.45, 2.75) is 13.0 Å². The highest BCUT2D eigenvalue weighted by Gasteiger charge is 2.18. The monoisotopic (exact) mass is 211 g/mol. The van der Waals surface area contributed by atoms with E-state index < -0.39 is 12.0 Å². The van der Waals surface area contributed by atoms with Crippen LogP contribution in [0.15, 0.2) is 12.4 Å². The fourth-order valence-electron chi connectivity index (χ4n) is 0.998. The zero-order valence-corrected chi connectivity index (χ0v) is 8.84. The van der Waals surface area contributed by atoms with Gasteiger partial charge in [-0.3, -0.25) is 0 Å². The number of nitrogens with zero attached hydrogens (tertiary/aromatic N) is 3. The van der Waals surface area contributed by atoms with E-state index in [-0.39, 0.29) is 0 Å². The molecule has 15 heavy (non-hydrogen) atoms. The standard InChI is InChI=1S/C9H13N3O3/c1-6(9(13)14)12(2)7-4-8(15-3)11-5-10-7/h4-6H,1-3H3,(H,13,14). The van der Waals surface area contributed by atoms with Gasteiger partial charge in [0.25, 0.3) is 0 Å². The fraction of sp³-hybridized carbons (Fsp3) is 0.444. The third-order valence-corrected chi connectivity index (χ3v) is 2.14. The van der Waals surface area contributed by atoms with E-state index in [0.29, 0.717) is 11.7 Å². The highest BCUT2D eigenvalue weighted by molar-refractivity contribution is 5.76. The van der Waals surface area contributed by atoms with Crippen molar-refractivity contribution < 1.29 is 14.6 Å². The van der Waals surface area contributed by atoms with Crippen LogP contribution in [0.3, 0.4) is 0 Å². The van der Waals surface area contributed by atoms with Crippen molar-refractivity contribution in [2.24, 2.45) is 0 Å². The molecule has 6 nitrogen and oxygen atoms in total. The van der Waals surface area contributed by atoms with Gasteiger partial charge < -0.3 is 14.7 Å². The molecular formula is C9H13N3O3. The molecule has 82 valence electrons. The van der Waals surface area contributed by atoms with Crippen LogP contribution in [0.1, 0.15) is 6.92 Å². The van der Waals surface area contributed by atoms with E-state index in [1.54, 1.807) is 20.0 Å². The minimum Gasteiger partial charge on any atom is -0.481 e. The summed E-state index contributed by atoms with van der Waals surface area (Å²) in [5.74, 6) is 0.0104. The number of aromatic nitrogens is 2. The molecule has 0 fully saturated rings. The molecule has 0 aliphatic rings. The Morgan fingerprint density at radius 3 is 2.80 bits per heavy atom. The molecule has 1 atom stereocenters. The van der Waals surface area contributed by atoms with Crippen LogP contribution in [-0.2, 0) is 4.79 Å². The summed E-state index contributed by atoms with van der Waals surface area (Å²) in [5.41, 5.74) is 0. The van der Waals surface area contributed by atoms with Crippen LogP contribution < -0.4 is 9.64 Å². The number of hydrogen-bond donors (Lipinski definition) is 1. The van der Waals surface area contributed by atoms with E-state index in [1.807, 2.05) is 0 Å². The number of rotatable bonds is 4. The van der Waals surface area contributed by atoms with Crippen molar-refractivity contribution in [1.29, 1.82) is 0 Å². The molecule has 0 amide bonds. The van der Waals surface area contributed by atoms with Gasteiger partial charge in [0.05, 0.1) is 7.11 Å². The molecule has 0 bridgehead atoms. The summed E-state index contributed by atoms with van der Waals surface area (Å²) in [6.07, 6.45) is 1.33. The number of likely N-dealkylation sites (N-methyl/N-ethyl adjacent to an activating group) is 1. The molecule has 0 aliphatic heterocycles. The maximum atomic E-state index is 10.8. The van der Waals surface area contributed by atoms with Gasteiger partial charge in [-0.05, 0) is 6.92 Å². The first-order valence-corrected chi connectivity index (χ1v) is 4.38. The lowest BCUT2D eigenvalue weighted by atomic mass is 10.3. The molecule has 6 heteroatoms. The summed E-state index contributed by atoms with van der Waals surface area (Å²) in [5, 5.41) is 8.82. The number of carboxylic acids is 1. The van der Waals surface area contributed by atoms with Crippen molar-refractivity contribution in [3.05, 3.63) is 12.4 Å². The Labute approximate surface area is 87.5 Å². The van der Waals surface area contributed by atoms with Gasteiger partial charge in [0, 0.05) is 13.1 Å². The summed E-state index contributed by atoms with van der Waals surface area (Å²) in [6, 6.07) is 0.934. The zero-order chi connectivity index (χ0) is 11.4. The average Bonchev–Trinajstić information content (AvgIpc) is 2.27. The van der Waals surface area contributed by atoms with Gasteiger partial charge in [0.1, 0.15) is 18.2 Å². The number of methoxy groups -OCH3 is 1. The third kappa shape index (κ3) is 2.55. The Hall–Kier alpha value is -1.85. The van der Waals surface area contributed by atoms with Crippen LogP contribution in [0.2, 0.25) is 0 Å². The molecule has 0 saturated heterocycles. The maximum absolute atomic E-state index is 10.8. The van der Waals surface area contributed by atoms with E-state index in [0.717, 1.165) is 0 Å². The summed E-state index contributed by atoms with van der Waals surface area (Å²) >= 11 is 0. The van der Waals surface area contributed by atoms with Gasteiger partial charge in [-0.1, -0.05) is 0 Å². The molecule has 1 aromatic rings. The van der Waals surface area contributed by atoms with Gasteiger partial charge in [0.2, 0.25) is 5.88 Å². The lowest BCUT2D eigenvalue weighted by Crippen LogP contribution is -2.36. The molecule has 1 unspecified atom stereocenters. The second kappa shape index (κ2) is 4.59. The lowest BCUT2D eigenvalue weighted by Gasteiger charge is -2.22. The zero-order valence-electron chi connectivity index (χ0n) is 8.84. The molecular weight excluding hydrogens is 198 g/mol. The molecule has 1 heterocycles. The van der Waals surface area contributed by atoms with Gasteiger partial charge >= 0.3 is 5.97 Å². The molecule has 1 aromatic heterocycles. The molecule has 0 aromatic carbocycles. The smallest absolute Gasteiger partial charge is 0.326 e. The molecule has 1 N–H and O–H groups in total. The van der Waals surface area contributed by atoms with Crippen molar-refractivity contribution in [3.8, 4) is 5.88 Å². The van der Waals surface area contributed by atoms with Gasteiger partial charge in [-0.15, -0.1) is 0 Å². The Balaban J connectivity index is 2.90. The molecule has 0 spiro atoms. The van der Waals surface area contributed by atoms with Crippen LogP contribution in [-0.4, -0.2) is 41.2 Å². The van der Waals surface area contributed by atoms with Crippen LogP contribution in [0.4, 0.5) is 5.82 Å². The Bertz CT molecular complexity index is 356. The first-order valence-electron chi connectivity index (χ1n) is 4.38. The van der Waals surface area contributed by atoms with E-state index in [9.17, 15) is 4.79 Å². The highest BCUT2D eigenvalue weighted by atomic mass is 16.5. The SMILES string of the molecule is COc1cc(N(C)C(C)C(=O)O)ncn1. The van der Waals surface area contributed by atoms with Crippen molar-refractivity contribution in [3.63, 3.8) is 0 Å². The van der Waals surface area contributed by atoms with Gasteiger partial charge in [-0.2, -0.15) is 0 Å². The van der Waals surface area contributed by atoms with E-state index in [2.05, 4.69) is 9.97 Å². The summed E-state index contributed by atoms with van der Waals surface area (Å²) in [6.45, 7) is 1.58. The predicted octanol–water partition coefficient (Wildman–Crippen LogP) is 0.394. The summed E-state index contributed by atoms with van der Waals surface area (Å²) in [7, 11) is 3.15. The number of carboxylic acid groups (broad SMARTS) is 1. The summed E-state index contributed by atoms with van der Waals surface area (Å²) < 4.78 is 4.92. The molecule has 1 rings (SSSR count). The van der Waals surface area contributed by atoms with Crippen LogP contribution in [0, 0.1) is 0 Å². The minimum atomic E-state index is -0.907. The number of anilines is 1. The molecule has 0 saturated carbocycles. The van der Waals surface area contributed by atoms with Gasteiger partial charge in [0.15, 0.2) is 0 Å². The Morgan fingerprint density at radius 1 is 1.60 bits per heavy atom. The van der Waals surface area contributed by atoms with E-state index >= 15 is 0 Å². The number of hydrogen-bond acceptors (Lipinski definition) is 5. The first-order chi connectivity index (χ1) is 7.06. The van der Waals surface area contributed by atoms with Crippen LogP contribution in [0.5, 0.6) is 5.88 Å². The quantitative estimate of drug-likeness (QED) is 0.776. The minimum absolute atomic E-state index is 0.407. The largest absolute Gasteiger partial charge is 0.481 e. The number of aliphatic carboxylic acids is 1. The molecule has 0 aliphatic carbocycles. The van der Waals surface area contributed by atoms with Crippen molar-refractivity contribution in [2.75, 3.05) is 19.1 Å². The topological polar surface area (TPSA) is 75.5 Å². The lowest BCUT2D eigenvalue weighted by molar-refractivity contribution is -0.138. The number of ether oxygens (including phenoxy) is 1. The number of carbonyl (C=O) groups is 1. The predicted molar refractivity (Wildman–Crippen MR) is 54.1 cm³/mol. The normalized spacial score (nSPS) is 11.9. The summed E-state index contributed by atoms with van der Waals surface area (Å²) in [4.78, 5) is 20.1. The van der Waals surface area contributed by atoms with E-state index in [1.165, 1.54) is 18.3 Å². The first kappa shape index (κ1) is 11.2. The average molecular weight is 211 g/mol. The van der Waals surface area contributed by atoms with Crippen LogP contribution >= 0.6 is 0 Å². The highest BCUT2D eigenvalue weighted by Crippen LogP contribution is 2.15. The molecule has 0 radical (unpaired) electrons.